The van der Waals surface area contributed by atoms with Gasteiger partial charge in [0.05, 0.1) is 17.5 Å². The smallest absolute Gasteiger partial charge is 0.274 e. The average molecular weight is 344 g/mol. The van der Waals surface area contributed by atoms with Crippen molar-refractivity contribution in [2.24, 2.45) is 0 Å². The summed E-state index contributed by atoms with van der Waals surface area (Å²) < 4.78 is 7.47. The summed E-state index contributed by atoms with van der Waals surface area (Å²) in [5.74, 6) is 0.387. The molecule has 5 nitrogen and oxygen atoms in total. The molecule has 1 N–H and O–H groups in total. The molecule has 124 valence electrons. The number of ether oxygens (including phenoxy) is 1. The lowest BCUT2D eigenvalue weighted by Gasteiger charge is -2.14. The summed E-state index contributed by atoms with van der Waals surface area (Å²) in [6.07, 6.45) is 1.76. The quantitative estimate of drug-likeness (QED) is 0.766. The van der Waals surface area contributed by atoms with Crippen LogP contribution in [0.4, 0.5) is 5.69 Å². The molecule has 0 aliphatic heterocycles. The van der Waals surface area contributed by atoms with Crippen molar-refractivity contribution in [2.45, 2.75) is 26.9 Å². The van der Waals surface area contributed by atoms with Crippen LogP contribution in [0.1, 0.15) is 30.0 Å². The number of nitrogens with zero attached hydrogens (tertiary/aromatic N) is 2. The molecule has 0 bridgehead atoms. The van der Waals surface area contributed by atoms with Gasteiger partial charge in [-0.05, 0) is 39.0 Å². The van der Waals surface area contributed by atoms with Crippen molar-refractivity contribution < 1.29 is 9.53 Å². The third-order valence-corrected chi connectivity index (χ3v) is 3.71. The van der Waals surface area contributed by atoms with E-state index >= 15 is 0 Å². The lowest BCUT2D eigenvalue weighted by Crippen LogP contribution is -2.17. The van der Waals surface area contributed by atoms with Crippen LogP contribution in [-0.2, 0) is 0 Å². The van der Waals surface area contributed by atoms with E-state index in [-0.39, 0.29) is 12.0 Å². The molecule has 0 aliphatic rings. The van der Waals surface area contributed by atoms with Gasteiger partial charge < -0.3 is 10.1 Å². The lowest BCUT2D eigenvalue weighted by molar-refractivity contribution is 0.102. The molecule has 0 aliphatic carbocycles. The Labute approximate surface area is 145 Å². The van der Waals surface area contributed by atoms with Crippen LogP contribution in [0.25, 0.3) is 5.65 Å². The zero-order valence-electron chi connectivity index (χ0n) is 13.7. The summed E-state index contributed by atoms with van der Waals surface area (Å²) in [4.78, 5) is 17.2. The Hall–Kier alpha value is -2.53. The molecule has 6 heteroatoms. The van der Waals surface area contributed by atoms with Crippen molar-refractivity contribution in [3.63, 3.8) is 0 Å². The van der Waals surface area contributed by atoms with Crippen LogP contribution in [-0.4, -0.2) is 21.4 Å². The van der Waals surface area contributed by atoms with Crippen molar-refractivity contribution >= 4 is 28.8 Å². The standard InChI is InChI=1S/C18H18ClN3O2/c1-11(2)24-15-7-5-4-6-14(15)21-18(23)17-12(3)20-16-10-13(19)8-9-22(16)17/h4-11H,1-3H3,(H,21,23). The van der Waals surface area contributed by atoms with E-state index in [1.807, 2.05) is 38.1 Å². The highest BCUT2D eigenvalue weighted by Gasteiger charge is 2.18. The number of rotatable bonds is 4. The van der Waals surface area contributed by atoms with Crippen LogP contribution in [0.3, 0.4) is 0 Å². The van der Waals surface area contributed by atoms with E-state index in [4.69, 9.17) is 16.3 Å². The normalized spacial score (nSPS) is 11.0. The third kappa shape index (κ3) is 3.21. The van der Waals surface area contributed by atoms with Crippen LogP contribution in [0, 0.1) is 6.92 Å². The molecule has 2 aromatic heterocycles. The van der Waals surface area contributed by atoms with Gasteiger partial charge in [0.15, 0.2) is 0 Å². The van der Waals surface area contributed by atoms with Gasteiger partial charge in [-0.3, -0.25) is 9.20 Å². The molecule has 3 aromatic rings. The summed E-state index contributed by atoms with van der Waals surface area (Å²) in [5.41, 5.74) is 2.37. The van der Waals surface area contributed by atoms with Gasteiger partial charge in [0.2, 0.25) is 0 Å². The SMILES string of the molecule is Cc1nc2cc(Cl)ccn2c1C(=O)Nc1ccccc1OC(C)C. The van der Waals surface area contributed by atoms with E-state index in [9.17, 15) is 4.79 Å². The Balaban J connectivity index is 1.95. The number of aromatic nitrogens is 2. The maximum Gasteiger partial charge on any atom is 0.274 e. The summed E-state index contributed by atoms with van der Waals surface area (Å²) in [5, 5.41) is 3.49. The van der Waals surface area contributed by atoms with Gasteiger partial charge in [0, 0.05) is 17.3 Å². The van der Waals surface area contributed by atoms with E-state index in [1.54, 1.807) is 29.7 Å². The first-order chi connectivity index (χ1) is 11.5. The number of hydrogen-bond donors (Lipinski definition) is 1. The van der Waals surface area contributed by atoms with E-state index in [0.717, 1.165) is 0 Å². The molecule has 1 amide bonds. The molecule has 0 saturated heterocycles. The lowest BCUT2D eigenvalue weighted by atomic mass is 10.2. The third-order valence-electron chi connectivity index (χ3n) is 3.48. The Morgan fingerprint density at radius 3 is 2.79 bits per heavy atom. The summed E-state index contributed by atoms with van der Waals surface area (Å²) >= 11 is 5.99. The van der Waals surface area contributed by atoms with Gasteiger partial charge in [-0.2, -0.15) is 0 Å². The van der Waals surface area contributed by atoms with Crippen LogP contribution in [0.5, 0.6) is 5.75 Å². The highest BCUT2D eigenvalue weighted by molar-refractivity contribution is 6.30. The number of carbonyl (C=O) groups is 1. The number of aryl methyl sites for hydroxylation is 1. The topological polar surface area (TPSA) is 55.6 Å². The Morgan fingerprint density at radius 2 is 2.04 bits per heavy atom. The number of nitrogens with one attached hydrogen (secondary N) is 1. The molecule has 0 unspecified atom stereocenters. The molecule has 2 heterocycles. The monoisotopic (exact) mass is 343 g/mol. The van der Waals surface area contributed by atoms with E-state index < -0.39 is 0 Å². The molecule has 24 heavy (non-hydrogen) atoms. The fourth-order valence-corrected chi connectivity index (χ4v) is 2.67. The molecule has 1 aromatic carbocycles. The minimum Gasteiger partial charge on any atom is -0.489 e. The van der Waals surface area contributed by atoms with Gasteiger partial charge in [0.1, 0.15) is 17.1 Å². The zero-order chi connectivity index (χ0) is 17.3. The summed E-state index contributed by atoms with van der Waals surface area (Å²) in [6, 6.07) is 10.8. The highest BCUT2D eigenvalue weighted by Crippen LogP contribution is 2.26. The Kier molecular flexibility index (Phi) is 4.44. The molecular weight excluding hydrogens is 326 g/mol. The second-order valence-corrected chi connectivity index (χ2v) is 6.17. The molecule has 0 saturated carbocycles. The van der Waals surface area contributed by atoms with Gasteiger partial charge in [-0.1, -0.05) is 23.7 Å². The second-order valence-electron chi connectivity index (χ2n) is 5.74. The fourth-order valence-electron chi connectivity index (χ4n) is 2.52. The van der Waals surface area contributed by atoms with Crippen LogP contribution < -0.4 is 10.1 Å². The van der Waals surface area contributed by atoms with Crippen molar-refractivity contribution in [3.05, 3.63) is 59.0 Å². The van der Waals surface area contributed by atoms with Crippen LogP contribution in [0.15, 0.2) is 42.6 Å². The van der Waals surface area contributed by atoms with Crippen LogP contribution >= 0.6 is 11.6 Å². The largest absolute Gasteiger partial charge is 0.489 e. The van der Waals surface area contributed by atoms with Crippen molar-refractivity contribution in [1.82, 2.24) is 9.38 Å². The molecule has 0 radical (unpaired) electrons. The molecule has 0 fully saturated rings. The summed E-state index contributed by atoms with van der Waals surface area (Å²) in [7, 11) is 0. The van der Waals surface area contributed by atoms with Crippen molar-refractivity contribution in [2.75, 3.05) is 5.32 Å². The zero-order valence-corrected chi connectivity index (χ0v) is 14.5. The second kappa shape index (κ2) is 6.53. The number of imidazole rings is 1. The minimum atomic E-state index is -0.248. The molecule has 0 spiro atoms. The maximum atomic E-state index is 12.8. The average Bonchev–Trinajstić information content (AvgIpc) is 2.83. The minimum absolute atomic E-state index is 0.0164. The van der Waals surface area contributed by atoms with Gasteiger partial charge in [-0.15, -0.1) is 0 Å². The Bertz CT molecular complexity index is 902. The van der Waals surface area contributed by atoms with E-state index in [1.165, 1.54) is 0 Å². The van der Waals surface area contributed by atoms with Crippen molar-refractivity contribution in [1.29, 1.82) is 0 Å². The number of benzene rings is 1. The van der Waals surface area contributed by atoms with Gasteiger partial charge in [-0.25, -0.2) is 4.98 Å². The van der Waals surface area contributed by atoms with Crippen LogP contribution in [0.2, 0.25) is 5.02 Å². The number of anilines is 1. The fraction of sp³-hybridized carbons (Fsp3) is 0.222. The number of amides is 1. The first-order valence-electron chi connectivity index (χ1n) is 7.67. The van der Waals surface area contributed by atoms with E-state index in [2.05, 4.69) is 10.3 Å². The molecular formula is C18H18ClN3O2. The first kappa shape index (κ1) is 16.3. The number of para-hydroxylation sites is 2. The first-order valence-corrected chi connectivity index (χ1v) is 8.04. The predicted molar refractivity (Wildman–Crippen MR) is 95.1 cm³/mol. The van der Waals surface area contributed by atoms with Crippen molar-refractivity contribution in [3.8, 4) is 5.75 Å². The number of hydrogen-bond acceptors (Lipinski definition) is 3. The number of fused-ring (bicyclic) bond motifs is 1. The maximum absolute atomic E-state index is 12.8. The molecule has 3 rings (SSSR count). The predicted octanol–water partition coefficient (Wildman–Crippen LogP) is 4.34. The van der Waals surface area contributed by atoms with E-state index in [0.29, 0.717) is 33.5 Å². The van der Waals surface area contributed by atoms with Gasteiger partial charge >= 0.3 is 0 Å². The molecule has 0 atom stereocenters. The summed E-state index contributed by atoms with van der Waals surface area (Å²) in [6.45, 7) is 5.68. The van der Waals surface area contributed by atoms with Gasteiger partial charge in [0.25, 0.3) is 5.91 Å². The number of pyridine rings is 1. The highest BCUT2D eigenvalue weighted by atomic mass is 35.5. The number of carbonyl (C=O) groups excluding carboxylic acids is 1. The number of halogens is 1. The Morgan fingerprint density at radius 1 is 1.29 bits per heavy atom.